The van der Waals surface area contributed by atoms with E-state index in [1.54, 1.807) is 37.3 Å². The number of nitrogens with one attached hydrogen (secondary N) is 1. The molecule has 1 atom stereocenters. The van der Waals surface area contributed by atoms with Crippen molar-refractivity contribution >= 4 is 29.4 Å². The number of carbonyl (C=O) groups is 4. The number of fused-ring (bicyclic) bond motifs is 1. The van der Waals surface area contributed by atoms with E-state index in [4.69, 9.17) is 4.52 Å². The molecule has 144 valence electrons. The number of rotatable bonds is 4. The highest BCUT2D eigenvalue weighted by molar-refractivity contribution is 6.22. The predicted octanol–water partition coefficient (Wildman–Crippen LogP) is 1.21. The van der Waals surface area contributed by atoms with Gasteiger partial charge in [0.2, 0.25) is 11.8 Å². The van der Waals surface area contributed by atoms with Gasteiger partial charge in [-0.15, -0.1) is 0 Å². The van der Waals surface area contributed by atoms with Crippen LogP contribution in [0.3, 0.4) is 0 Å². The number of anilines is 1. The van der Waals surface area contributed by atoms with Crippen molar-refractivity contribution in [3.8, 4) is 0 Å². The van der Waals surface area contributed by atoms with Crippen LogP contribution in [0.15, 0.2) is 34.9 Å². The second-order valence-corrected chi connectivity index (χ2v) is 6.80. The Balaban J connectivity index is 1.45. The molecule has 1 aromatic heterocycles. The van der Waals surface area contributed by atoms with Gasteiger partial charge in [0, 0.05) is 12.6 Å². The van der Waals surface area contributed by atoms with Gasteiger partial charge in [0.1, 0.15) is 18.3 Å². The summed E-state index contributed by atoms with van der Waals surface area (Å²) in [5.41, 5.74) is 0.579. The van der Waals surface area contributed by atoms with E-state index in [1.165, 1.54) is 4.90 Å². The Morgan fingerprint density at radius 2 is 1.89 bits per heavy atom. The van der Waals surface area contributed by atoms with E-state index in [0.717, 1.165) is 4.90 Å². The van der Waals surface area contributed by atoms with Gasteiger partial charge in [0.25, 0.3) is 11.8 Å². The lowest BCUT2D eigenvalue weighted by Gasteiger charge is -2.25. The molecular formula is C19H18N4O5. The number of aryl methyl sites for hydroxylation is 1. The molecule has 2 aromatic rings. The van der Waals surface area contributed by atoms with Crippen LogP contribution >= 0.6 is 0 Å². The van der Waals surface area contributed by atoms with Gasteiger partial charge in [-0.25, -0.2) is 0 Å². The van der Waals surface area contributed by atoms with Crippen LogP contribution in [0.2, 0.25) is 0 Å². The Morgan fingerprint density at radius 1 is 1.21 bits per heavy atom. The quantitative estimate of drug-likeness (QED) is 0.796. The summed E-state index contributed by atoms with van der Waals surface area (Å²) in [5, 5.41) is 6.34. The van der Waals surface area contributed by atoms with Crippen LogP contribution in [0, 0.1) is 6.92 Å². The molecule has 9 heteroatoms. The molecular weight excluding hydrogens is 364 g/mol. The summed E-state index contributed by atoms with van der Waals surface area (Å²) in [7, 11) is 0. The number of imide groups is 1. The van der Waals surface area contributed by atoms with Gasteiger partial charge in [-0.2, -0.15) is 0 Å². The molecule has 0 aliphatic carbocycles. The molecule has 0 radical (unpaired) electrons. The molecule has 1 aromatic carbocycles. The van der Waals surface area contributed by atoms with E-state index < -0.39 is 23.8 Å². The van der Waals surface area contributed by atoms with Crippen molar-refractivity contribution in [2.24, 2.45) is 0 Å². The van der Waals surface area contributed by atoms with Crippen molar-refractivity contribution in [1.82, 2.24) is 15.0 Å². The summed E-state index contributed by atoms with van der Waals surface area (Å²) in [6.45, 7) is 1.70. The minimum absolute atomic E-state index is 0.280. The van der Waals surface area contributed by atoms with E-state index >= 15 is 0 Å². The second-order valence-electron chi connectivity index (χ2n) is 6.80. The molecule has 0 unspecified atom stereocenters. The lowest BCUT2D eigenvalue weighted by atomic mass is 10.1. The molecule has 9 nitrogen and oxygen atoms in total. The Kier molecular flexibility index (Phi) is 4.42. The minimum Gasteiger partial charge on any atom is -0.360 e. The lowest BCUT2D eigenvalue weighted by molar-refractivity contribution is -0.136. The van der Waals surface area contributed by atoms with E-state index in [2.05, 4.69) is 10.5 Å². The Hall–Kier alpha value is -3.49. The van der Waals surface area contributed by atoms with Crippen LogP contribution in [0.4, 0.5) is 5.82 Å². The first-order valence-electron chi connectivity index (χ1n) is 8.94. The molecule has 2 aliphatic heterocycles. The fraction of sp³-hybridized carbons (Fsp3) is 0.316. The third kappa shape index (κ3) is 3.04. The van der Waals surface area contributed by atoms with Crippen molar-refractivity contribution in [3.63, 3.8) is 0 Å². The molecule has 28 heavy (non-hydrogen) atoms. The highest BCUT2D eigenvalue weighted by Crippen LogP contribution is 2.24. The summed E-state index contributed by atoms with van der Waals surface area (Å²) in [4.78, 5) is 52.6. The zero-order valence-corrected chi connectivity index (χ0v) is 15.2. The number of likely N-dealkylation sites (tertiary alicyclic amines) is 1. The van der Waals surface area contributed by atoms with Crippen molar-refractivity contribution in [1.29, 1.82) is 0 Å². The Morgan fingerprint density at radius 3 is 2.50 bits per heavy atom. The minimum atomic E-state index is -0.681. The zero-order valence-electron chi connectivity index (χ0n) is 15.2. The fourth-order valence-electron chi connectivity index (χ4n) is 3.58. The zero-order chi connectivity index (χ0) is 19.8. The van der Waals surface area contributed by atoms with Crippen LogP contribution in [0.5, 0.6) is 0 Å². The number of hydrogen-bond donors (Lipinski definition) is 1. The molecule has 2 aliphatic rings. The molecule has 1 N–H and O–H groups in total. The van der Waals surface area contributed by atoms with Gasteiger partial charge < -0.3 is 14.7 Å². The molecule has 0 bridgehead atoms. The van der Waals surface area contributed by atoms with Gasteiger partial charge >= 0.3 is 0 Å². The van der Waals surface area contributed by atoms with Crippen LogP contribution < -0.4 is 5.32 Å². The SMILES string of the molecule is Cc1cc(NC(=O)[C@@H]2CCCN2C(=O)CN2C(=O)c3ccccc3C2=O)no1. The molecule has 1 saturated heterocycles. The Bertz CT molecular complexity index is 947. The smallest absolute Gasteiger partial charge is 0.262 e. The first-order valence-corrected chi connectivity index (χ1v) is 8.94. The standard InChI is InChI=1S/C19H18N4O5/c1-11-9-15(21-28-11)20-17(25)14-7-4-8-22(14)16(24)10-23-18(26)12-5-2-3-6-13(12)19(23)27/h2-3,5-6,9,14H,4,7-8,10H2,1H3,(H,20,21,25)/t14-/m0/s1. The van der Waals surface area contributed by atoms with Crippen molar-refractivity contribution < 1.29 is 23.7 Å². The highest BCUT2D eigenvalue weighted by atomic mass is 16.5. The molecule has 0 spiro atoms. The molecule has 1 fully saturated rings. The third-order valence-corrected chi connectivity index (χ3v) is 4.93. The van der Waals surface area contributed by atoms with E-state index in [-0.39, 0.29) is 29.4 Å². The molecule has 4 rings (SSSR count). The topological polar surface area (TPSA) is 113 Å². The van der Waals surface area contributed by atoms with Gasteiger partial charge in [-0.1, -0.05) is 17.3 Å². The summed E-state index contributed by atoms with van der Waals surface area (Å²) < 4.78 is 4.92. The summed E-state index contributed by atoms with van der Waals surface area (Å²) in [6, 6.07) is 7.36. The first-order chi connectivity index (χ1) is 13.5. The summed E-state index contributed by atoms with van der Waals surface area (Å²) in [6.07, 6.45) is 1.15. The Labute approximate surface area is 160 Å². The monoisotopic (exact) mass is 382 g/mol. The first kappa shape index (κ1) is 17.9. The molecule has 3 heterocycles. The summed E-state index contributed by atoms with van der Waals surface area (Å²) in [5.74, 6) is -0.966. The van der Waals surface area contributed by atoms with E-state index in [1.807, 2.05) is 0 Å². The van der Waals surface area contributed by atoms with Gasteiger partial charge in [-0.3, -0.25) is 24.1 Å². The maximum Gasteiger partial charge on any atom is 0.262 e. The molecule has 4 amide bonds. The van der Waals surface area contributed by atoms with E-state index in [0.29, 0.717) is 25.1 Å². The average Bonchev–Trinajstić information content (AvgIpc) is 3.38. The van der Waals surface area contributed by atoms with Crippen LogP contribution in [-0.2, 0) is 9.59 Å². The summed E-state index contributed by atoms with van der Waals surface area (Å²) >= 11 is 0. The number of benzene rings is 1. The van der Waals surface area contributed by atoms with E-state index in [9.17, 15) is 19.2 Å². The van der Waals surface area contributed by atoms with Crippen LogP contribution in [0.1, 0.15) is 39.3 Å². The number of carbonyl (C=O) groups excluding carboxylic acids is 4. The van der Waals surface area contributed by atoms with Crippen molar-refractivity contribution in [3.05, 3.63) is 47.2 Å². The van der Waals surface area contributed by atoms with Crippen molar-refractivity contribution in [2.75, 3.05) is 18.4 Å². The number of amides is 4. The molecule has 0 saturated carbocycles. The van der Waals surface area contributed by atoms with Crippen LogP contribution in [0.25, 0.3) is 0 Å². The number of aromatic nitrogens is 1. The lowest BCUT2D eigenvalue weighted by Crippen LogP contribution is -2.48. The van der Waals surface area contributed by atoms with Crippen molar-refractivity contribution in [2.45, 2.75) is 25.8 Å². The van der Waals surface area contributed by atoms with Gasteiger partial charge in [0.15, 0.2) is 5.82 Å². The highest BCUT2D eigenvalue weighted by Gasteiger charge is 2.40. The third-order valence-electron chi connectivity index (χ3n) is 4.93. The normalized spacial score (nSPS) is 18.5. The fourth-order valence-corrected chi connectivity index (χ4v) is 3.58. The maximum atomic E-state index is 12.8. The van der Waals surface area contributed by atoms with Gasteiger partial charge in [0.05, 0.1) is 11.1 Å². The number of hydrogen-bond acceptors (Lipinski definition) is 6. The van der Waals surface area contributed by atoms with Gasteiger partial charge in [-0.05, 0) is 31.9 Å². The predicted molar refractivity (Wildman–Crippen MR) is 96.4 cm³/mol. The second kappa shape index (κ2) is 6.91. The average molecular weight is 382 g/mol. The number of nitrogens with zero attached hydrogens (tertiary/aromatic N) is 3. The largest absolute Gasteiger partial charge is 0.360 e. The maximum absolute atomic E-state index is 12.8. The van der Waals surface area contributed by atoms with Crippen LogP contribution in [-0.4, -0.2) is 57.7 Å².